The van der Waals surface area contributed by atoms with Crippen LogP contribution in [0.3, 0.4) is 0 Å². The number of amides is 4. The largest absolute Gasteiger partial charge is 0.347 e. The van der Waals surface area contributed by atoms with Gasteiger partial charge in [0.1, 0.15) is 6.04 Å². The van der Waals surface area contributed by atoms with Crippen LogP contribution >= 0.6 is 0 Å². The van der Waals surface area contributed by atoms with Crippen molar-refractivity contribution < 1.29 is 18.9 Å². The van der Waals surface area contributed by atoms with Gasteiger partial charge in [-0.25, -0.2) is 4.79 Å². The molecule has 1 N–H and O–H groups in total. The van der Waals surface area contributed by atoms with Crippen LogP contribution < -0.4 is 5.32 Å². The highest BCUT2D eigenvalue weighted by molar-refractivity contribution is 6.05. The number of carbonyl (C=O) groups is 3. The molecular weight excluding hydrogens is 326 g/mol. The Morgan fingerprint density at radius 3 is 2.60 bits per heavy atom. The quantitative estimate of drug-likeness (QED) is 0.795. The van der Waals surface area contributed by atoms with Gasteiger partial charge in [-0.15, -0.1) is 0 Å². The van der Waals surface area contributed by atoms with Crippen molar-refractivity contribution in [2.75, 3.05) is 14.1 Å². The van der Waals surface area contributed by atoms with Gasteiger partial charge in [-0.05, 0) is 12.8 Å². The highest BCUT2D eigenvalue weighted by atomic mass is 16.5. The lowest BCUT2D eigenvalue weighted by molar-refractivity contribution is -0.131. The van der Waals surface area contributed by atoms with Crippen LogP contribution in [0, 0.1) is 0 Å². The summed E-state index contributed by atoms with van der Waals surface area (Å²) in [7, 11) is 2.92. The predicted octanol–water partition coefficient (Wildman–Crippen LogP) is 1.02. The molecule has 9 nitrogen and oxygen atoms in total. The van der Waals surface area contributed by atoms with Crippen molar-refractivity contribution in [2.45, 2.75) is 57.0 Å². The van der Waals surface area contributed by atoms with E-state index in [4.69, 9.17) is 4.52 Å². The van der Waals surface area contributed by atoms with E-state index >= 15 is 0 Å². The van der Waals surface area contributed by atoms with Gasteiger partial charge in [-0.3, -0.25) is 14.5 Å². The number of nitrogens with zero attached hydrogens (tertiary/aromatic N) is 4. The van der Waals surface area contributed by atoms with E-state index in [1.54, 1.807) is 0 Å². The van der Waals surface area contributed by atoms with Gasteiger partial charge in [0.25, 0.3) is 5.91 Å². The van der Waals surface area contributed by atoms with E-state index < -0.39 is 12.1 Å². The third kappa shape index (κ3) is 3.64. The Labute approximate surface area is 145 Å². The molecule has 3 rings (SSSR count). The van der Waals surface area contributed by atoms with Gasteiger partial charge >= 0.3 is 6.03 Å². The molecule has 136 valence electrons. The van der Waals surface area contributed by atoms with E-state index in [1.807, 2.05) is 0 Å². The molecule has 1 saturated heterocycles. The highest BCUT2D eigenvalue weighted by Gasteiger charge is 2.41. The molecule has 2 aliphatic rings. The molecule has 2 fully saturated rings. The summed E-state index contributed by atoms with van der Waals surface area (Å²) in [6.45, 7) is 0.118. The third-order valence-electron chi connectivity index (χ3n) is 4.94. The fourth-order valence-corrected chi connectivity index (χ4v) is 3.37. The summed E-state index contributed by atoms with van der Waals surface area (Å²) in [4.78, 5) is 42.4. The van der Waals surface area contributed by atoms with Gasteiger partial charge < -0.3 is 14.7 Å². The minimum atomic E-state index is -0.766. The van der Waals surface area contributed by atoms with Crippen molar-refractivity contribution >= 4 is 17.8 Å². The molecule has 2 heterocycles. The van der Waals surface area contributed by atoms with Crippen LogP contribution in [0.1, 0.15) is 56.2 Å². The Morgan fingerprint density at radius 2 is 1.96 bits per heavy atom. The minimum absolute atomic E-state index is 0.0883. The Balaban J connectivity index is 1.50. The van der Waals surface area contributed by atoms with Gasteiger partial charge in [0.05, 0.1) is 13.0 Å². The molecule has 1 unspecified atom stereocenters. The summed E-state index contributed by atoms with van der Waals surface area (Å²) in [5, 5.41) is 6.68. The molecule has 0 bridgehead atoms. The number of hydrogen-bond acceptors (Lipinski definition) is 6. The average molecular weight is 349 g/mol. The first-order valence-corrected chi connectivity index (χ1v) is 8.61. The zero-order valence-electron chi connectivity index (χ0n) is 14.5. The number of hydrogen-bond donors (Lipinski definition) is 1. The minimum Gasteiger partial charge on any atom is -0.347 e. The van der Waals surface area contributed by atoms with E-state index in [-0.39, 0.29) is 24.8 Å². The first kappa shape index (κ1) is 17.4. The molecule has 4 amide bonds. The number of carbonyl (C=O) groups excluding carboxylic acids is 3. The maximum absolute atomic E-state index is 12.1. The van der Waals surface area contributed by atoms with E-state index in [0.717, 1.165) is 17.7 Å². The first-order valence-electron chi connectivity index (χ1n) is 8.61. The van der Waals surface area contributed by atoms with Crippen molar-refractivity contribution in [1.82, 2.24) is 25.3 Å². The lowest BCUT2D eigenvalue weighted by atomic mass is 9.89. The number of rotatable bonds is 5. The summed E-state index contributed by atoms with van der Waals surface area (Å²) in [5.74, 6) is 0.689. The lowest BCUT2D eigenvalue weighted by Gasteiger charge is -2.17. The molecule has 0 radical (unpaired) electrons. The standard InChI is InChI=1S/C16H23N5O4/c1-20-11(15(23)21(2)16(20)24)8-12(22)17-9-13-18-14(19-25-13)10-6-4-3-5-7-10/h10-11H,3-9H2,1-2H3,(H,17,22). The summed E-state index contributed by atoms with van der Waals surface area (Å²) in [5.41, 5.74) is 0. The predicted molar refractivity (Wildman–Crippen MR) is 86.3 cm³/mol. The van der Waals surface area contributed by atoms with Gasteiger partial charge in [-0.2, -0.15) is 4.98 Å². The molecule has 0 aromatic carbocycles. The Hall–Kier alpha value is -2.45. The summed E-state index contributed by atoms with van der Waals surface area (Å²) < 4.78 is 5.20. The number of imide groups is 1. The van der Waals surface area contributed by atoms with Crippen LogP contribution in [-0.4, -0.2) is 57.9 Å². The van der Waals surface area contributed by atoms with Crippen LogP contribution in [0.2, 0.25) is 0 Å². The molecule has 1 aromatic heterocycles. The molecule has 25 heavy (non-hydrogen) atoms. The Bertz CT molecular complexity index is 667. The fourth-order valence-electron chi connectivity index (χ4n) is 3.37. The summed E-state index contributed by atoms with van der Waals surface area (Å²) >= 11 is 0. The molecule has 1 atom stereocenters. The van der Waals surface area contributed by atoms with Gasteiger partial charge in [0, 0.05) is 20.0 Å². The van der Waals surface area contributed by atoms with E-state index in [1.165, 1.54) is 38.3 Å². The second kappa shape index (κ2) is 7.20. The zero-order valence-corrected chi connectivity index (χ0v) is 14.5. The van der Waals surface area contributed by atoms with Crippen molar-refractivity contribution in [3.8, 4) is 0 Å². The van der Waals surface area contributed by atoms with Gasteiger partial charge in [0.15, 0.2) is 5.82 Å². The SMILES string of the molecule is CN1C(=O)C(CC(=O)NCc2nc(C3CCCCC3)no2)N(C)C1=O. The third-order valence-corrected chi connectivity index (χ3v) is 4.94. The molecule has 1 aliphatic heterocycles. The van der Waals surface area contributed by atoms with E-state index in [9.17, 15) is 14.4 Å². The number of likely N-dealkylation sites (N-methyl/N-ethyl adjacent to an activating group) is 2. The average Bonchev–Trinajstić information content (AvgIpc) is 3.17. The van der Waals surface area contributed by atoms with Crippen LogP contribution in [-0.2, 0) is 16.1 Å². The Kier molecular flexibility index (Phi) is 5.00. The second-order valence-corrected chi connectivity index (χ2v) is 6.67. The van der Waals surface area contributed by atoms with Crippen molar-refractivity contribution in [2.24, 2.45) is 0 Å². The number of aromatic nitrogens is 2. The van der Waals surface area contributed by atoms with Crippen LogP contribution in [0.4, 0.5) is 4.79 Å². The van der Waals surface area contributed by atoms with Crippen molar-refractivity contribution in [3.63, 3.8) is 0 Å². The van der Waals surface area contributed by atoms with Crippen LogP contribution in [0.15, 0.2) is 4.52 Å². The monoisotopic (exact) mass is 349 g/mol. The molecule has 0 spiro atoms. The van der Waals surface area contributed by atoms with Crippen LogP contribution in [0.5, 0.6) is 0 Å². The van der Waals surface area contributed by atoms with Gasteiger partial charge in [0.2, 0.25) is 11.8 Å². The normalized spacial score (nSPS) is 21.9. The summed E-state index contributed by atoms with van der Waals surface area (Å²) in [6.07, 6.45) is 5.67. The number of nitrogens with one attached hydrogen (secondary N) is 1. The van der Waals surface area contributed by atoms with Gasteiger partial charge in [-0.1, -0.05) is 24.4 Å². The topological polar surface area (TPSA) is 109 Å². The lowest BCUT2D eigenvalue weighted by Crippen LogP contribution is -2.37. The summed E-state index contributed by atoms with van der Waals surface area (Å²) in [6, 6.07) is -1.17. The molecule has 1 saturated carbocycles. The Morgan fingerprint density at radius 1 is 1.24 bits per heavy atom. The maximum atomic E-state index is 12.1. The second-order valence-electron chi connectivity index (χ2n) is 6.67. The number of urea groups is 1. The molecule has 9 heteroatoms. The fraction of sp³-hybridized carbons (Fsp3) is 0.688. The smallest absolute Gasteiger partial charge is 0.326 e. The van der Waals surface area contributed by atoms with Crippen LogP contribution in [0.25, 0.3) is 0 Å². The first-order chi connectivity index (χ1) is 12.0. The van der Waals surface area contributed by atoms with Crippen molar-refractivity contribution in [3.05, 3.63) is 11.7 Å². The maximum Gasteiger partial charge on any atom is 0.326 e. The molecule has 1 aromatic rings. The van der Waals surface area contributed by atoms with E-state index in [2.05, 4.69) is 15.5 Å². The van der Waals surface area contributed by atoms with E-state index in [0.29, 0.717) is 17.6 Å². The molecule has 1 aliphatic carbocycles. The van der Waals surface area contributed by atoms with Crippen molar-refractivity contribution in [1.29, 1.82) is 0 Å². The zero-order chi connectivity index (χ0) is 18.0. The highest BCUT2D eigenvalue weighted by Crippen LogP contribution is 2.30. The molecular formula is C16H23N5O4.